The molecule has 0 saturated carbocycles. The predicted molar refractivity (Wildman–Crippen MR) is 67.2 cm³/mol. The zero-order valence-corrected chi connectivity index (χ0v) is 11.1. The molecule has 0 atom stereocenters. The van der Waals surface area contributed by atoms with E-state index in [-0.39, 0.29) is 4.90 Å². The Hall–Kier alpha value is -1.44. The van der Waals surface area contributed by atoms with E-state index in [1.807, 2.05) is 0 Å². The van der Waals surface area contributed by atoms with Crippen molar-refractivity contribution in [2.45, 2.75) is 11.8 Å². The fraction of sp³-hybridized carbons (Fsp3) is 0.200. The van der Waals surface area contributed by atoms with Gasteiger partial charge in [-0.1, -0.05) is 18.5 Å². The number of nitrogens with zero attached hydrogens (tertiary/aromatic N) is 3. The molecule has 2 aromatic heterocycles. The molecule has 0 aliphatic rings. The highest BCUT2D eigenvalue weighted by atomic mass is 35.5. The van der Waals surface area contributed by atoms with Gasteiger partial charge in [0.15, 0.2) is 0 Å². The van der Waals surface area contributed by atoms with Crippen molar-refractivity contribution < 1.29 is 8.42 Å². The highest BCUT2D eigenvalue weighted by Gasteiger charge is 2.15. The first-order valence-electron chi connectivity index (χ1n) is 5.19. The lowest BCUT2D eigenvalue weighted by Crippen LogP contribution is -2.22. The van der Waals surface area contributed by atoms with Crippen LogP contribution in [0.2, 0.25) is 5.15 Å². The molecule has 0 aliphatic heterocycles. The SMILES string of the molecule is CCNS(=O)(=O)c1cnn(-c2ccnc(Cl)c2)c1. The third-order valence-electron chi connectivity index (χ3n) is 2.18. The first-order valence-corrected chi connectivity index (χ1v) is 7.05. The molecule has 96 valence electrons. The fourth-order valence-corrected chi connectivity index (χ4v) is 2.53. The van der Waals surface area contributed by atoms with Gasteiger partial charge in [0.1, 0.15) is 10.0 Å². The third kappa shape index (κ3) is 2.69. The molecule has 8 heteroatoms. The molecular weight excluding hydrogens is 276 g/mol. The Morgan fingerprint density at radius 3 is 2.94 bits per heavy atom. The monoisotopic (exact) mass is 286 g/mol. The second-order valence-corrected chi connectivity index (χ2v) is 5.61. The summed E-state index contributed by atoms with van der Waals surface area (Å²) in [5.41, 5.74) is 0.646. The van der Waals surface area contributed by atoms with Gasteiger partial charge < -0.3 is 0 Å². The third-order valence-corrected chi connectivity index (χ3v) is 3.89. The molecule has 2 rings (SSSR count). The standard InChI is InChI=1S/C10H11ClN4O2S/c1-2-14-18(16,17)9-6-13-15(7-9)8-3-4-12-10(11)5-8/h3-7,14H,2H2,1H3. The first-order chi connectivity index (χ1) is 8.53. The van der Waals surface area contributed by atoms with E-state index in [0.717, 1.165) is 0 Å². The molecule has 0 spiro atoms. The summed E-state index contributed by atoms with van der Waals surface area (Å²) in [7, 11) is -3.49. The summed E-state index contributed by atoms with van der Waals surface area (Å²) in [5, 5.41) is 4.31. The summed E-state index contributed by atoms with van der Waals surface area (Å²) in [5.74, 6) is 0. The van der Waals surface area contributed by atoms with E-state index >= 15 is 0 Å². The number of rotatable bonds is 4. The summed E-state index contributed by atoms with van der Waals surface area (Å²) < 4.78 is 27.3. The van der Waals surface area contributed by atoms with Crippen LogP contribution in [0, 0.1) is 0 Å². The Morgan fingerprint density at radius 1 is 1.50 bits per heavy atom. The van der Waals surface area contributed by atoms with E-state index in [1.54, 1.807) is 19.1 Å². The summed E-state index contributed by atoms with van der Waals surface area (Å²) in [6.45, 7) is 2.04. The smallest absolute Gasteiger partial charge is 0.243 e. The Bertz CT molecular complexity index is 653. The molecule has 0 radical (unpaired) electrons. The second-order valence-electron chi connectivity index (χ2n) is 3.46. The molecule has 2 aromatic rings. The molecule has 2 heterocycles. The van der Waals surface area contributed by atoms with Crippen LogP contribution in [0.5, 0.6) is 0 Å². The van der Waals surface area contributed by atoms with Crippen LogP contribution in [0.3, 0.4) is 0 Å². The maximum absolute atomic E-state index is 11.7. The highest BCUT2D eigenvalue weighted by Crippen LogP contribution is 2.14. The van der Waals surface area contributed by atoms with Crippen molar-refractivity contribution in [3.63, 3.8) is 0 Å². The van der Waals surface area contributed by atoms with Gasteiger partial charge in [-0.3, -0.25) is 0 Å². The Kier molecular flexibility index (Phi) is 3.65. The number of pyridine rings is 1. The number of aromatic nitrogens is 3. The molecule has 0 aliphatic carbocycles. The molecule has 0 saturated heterocycles. The largest absolute Gasteiger partial charge is 0.244 e. The van der Waals surface area contributed by atoms with Gasteiger partial charge in [0.25, 0.3) is 0 Å². The van der Waals surface area contributed by atoms with Crippen molar-refractivity contribution in [1.82, 2.24) is 19.5 Å². The zero-order chi connectivity index (χ0) is 13.2. The van der Waals surface area contributed by atoms with Gasteiger partial charge in [-0.2, -0.15) is 5.10 Å². The van der Waals surface area contributed by atoms with Crippen LogP contribution < -0.4 is 4.72 Å². The van der Waals surface area contributed by atoms with Gasteiger partial charge in [0.05, 0.1) is 18.1 Å². The maximum Gasteiger partial charge on any atom is 0.243 e. The van der Waals surface area contributed by atoms with E-state index in [4.69, 9.17) is 11.6 Å². The molecule has 0 fully saturated rings. The topological polar surface area (TPSA) is 76.9 Å². The van der Waals surface area contributed by atoms with Gasteiger partial charge in [0, 0.05) is 18.8 Å². The summed E-state index contributed by atoms with van der Waals surface area (Å²) in [6.07, 6.45) is 4.23. The van der Waals surface area contributed by atoms with E-state index < -0.39 is 10.0 Å². The number of sulfonamides is 1. The van der Waals surface area contributed by atoms with Crippen LogP contribution in [0.15, 0.2) is 35.6 Å². The Labute approximate surface area is 110 Å². The van der Waals surface area contributed by atoms with Crippen LogP contribution >= 0.6 is 11.6 Å². The van der Waals surface area contributed by atoms with Gasteiger partial charge in [-0.25, -0.2) is 22.8 Å². The molecule has 0 aromatic carbocycles. The minimum absolute atomic E-state index is 0.109. The molecule has 0 bridgehead atoms. The van der Waals surface area contributed by atoms with Crippen molar-refractivity contribution in [3.05, 3.63) is 35.9 Å². The minimum atomic E-state index is -3.49. The Balaban J connectivity index is 2.37. The number of hydrogen-bond acceptors (Lipinski definition) is 4. The molecule has 6 nitrogen and oxygen atoms in total. The van der Waals surface area contributed by atoms with E-state index in [2.05, 4.69) is 14.8 Å². The number of halogens is 1. The highest BCUT2D eigenvalue weighted by molar-refractivity contribution is 7.89. The van der Waals surface area contributed by atoms with Crippen molar-refractivity contribution in [3.8, 4) is 5.69 Å². The van der Waals surface area contributed by atoms with Crippen LogP contribution in [0.25, 0.3) is 5.69 Å². The number of nitrogens with one attached hydrogen (secondary N) is 1. The normalized spacial score (nSPS) is 11.7. The van der Waals surface area contributed by atoms with Crippen molar-refractivity contribution in [2.75, 3.05) is 6.54 Å². The van der Waals surface area contributed by atoms with Crippen molar-refractivity contribution in [1.29, 1.82) is 0 Å². The molecule has 0 amide bonds. The lowest BCUT2D eigenvalue weighted by atomic mass is 10.4. The van der Waals surface area contributed by atoms with Crippen LogP contribution in [0.4, 0.5) is 0 Å². The summed E-state index contributed by atoms with van der Waals surface area (Å²) in [6, 6.07) is 3.28. The van der Waals surface area contributed by atoms with E-state index in [1.165, 1.54) is 23.3 Å². The zero-order valence-electron chi connectivity index (χ0n) is 9.54. The molecule has 18 heavy (non-hydrogen) atoms. The van der Waals surface area contributed by atoms with Gasteiger partial charge in [-0.05, 0) is 6.07 Å². The van der Waals surface area contributed by atoms with E-state index in [0.29, 0.717) is 17.4 Å². The van der Waals surface area contributed by atoms with Crippen LogP contribution in [0.1, 0.15) is 6.92 Å². The summed E-state index contributed by atoms with van der Waals surface area (Å²) >= 11 is 5.76. The molecular formula is C10H11ClN4O2S. The maximum atomic E-state index is 11.7. The lowest BCUT2D eigenvalue weighted by Gasteiger charge is -2.01. The van der Waals surface area contributed by atoms with Gasteiger partial charge >= 0.3 is 0 Å². The number of hydrogen-bond donors (Lipinski definition) is 1. The van der Waals surface area contributed by atoms with E-state index in [9.17, 15) is 8.42 Å². The molecule has 1 N–H and O–H groups in total. The predicted octanol–water partition coefficient (Wildman–Crippen LogP) is 1.22. The van der Waals surface area contributed by atoms with Crippen molar-refractivity contribution in [2.24, 2.45) is 0 Å². The van der Waals surface area contributed by atoms with Gasteiger partial charge in [0.2, 0.25) is 10.0 Å². The average Bonchev–Trinajstić information content (AvgIpc) is 2.78. The first kappa shape index (κ1) is 13.0. The molecule has 0 unspecified atom stereocenters. The lowest BCUT2D eigenvalue weighted by molar-refractivity contribution is 0.584. The van der Waals surface area contributed by atoms with Crippen LogP contribution in [-0.2, 0) is 10.0 Å². The van der Waals surface area contributed by atoms with Crippen LogP contribution in [-0.4, -0.2) is 29.7 Å². The minimum Gasteiger partial charge on any atom is -0.244 e. The van der Waals surface area contributed by atoms with Gasteiger partial charge in [-0.15, -0.1) is 0 Å². The quantitative estimate of drug-likeness (QED) is 0.857. The van der Waals surface area contributed by atoms with Crippen molar-refractivity contribution >= 4 is 21.6 Å². The summed E-state index contributed by atoms with van der Waals surface area (Å²) in [4.78, 5) is 3.95. The second kappa shape index (κ2) is 5.05. The average molecular weight is 287 g/mol. The Morgan fingerprint density at radius 2 is 2.28 bits per heavy atom. The fourth-order valence-electron chi connectivity index (χ4n) is 1.39.